The third-order valence-corrected chi connectivity index (χ3v) is 10.1. The monoisotopic (exact) mass is 504 g/mol. The number of carbonyl (C=O) groups is 3. The summed E-state index contributed by atoms with van der Waals surface area (Å²) >= 11 is 0. The van der Waals surface area contributed by atoms with E-state index < -0.39 is 24.0 Å². The van der Waals surface area contributed by atoms with Crippen LogP contribution in [0.25, 0.3) is 0 Å². The fraction of sp³-hybridized carbons (Fsp3) is 0.833. The van der Waals surface area contributed by atoms with Gasteiger partial charge >= 0.3 is 11.9 Å². The van der Waals surface area contributed by atoms with Gasteiger partial charge in [0.1, 0.15) is 0 Å². The van der Waals surface area contributed by atoms with Crippen molar-refractivity contribution >= 4 is 17.7 Å². The van der Waals surface area contributed by atoms with Gasteiger partial charge in [0.2, 0.25) is 0 Å². The highest BCUT2D eigenvalue weighted by Crippen LogP contribution is 2.60. The van der Waals surface area contributed by atoms with E-state index in [1.54, 1.807) is 0 Å². The van der Waals surface area contributed by atoms with Crippen LogP contribution in [0, 0.1) is 46.8 Å². The topological polar surface area (TPSA) is 89.9 Å². The van der Waals surface area contributed by atoms with Crippen LogP contribution in [0.5, 0.6) is 0 Å². The molecule has 3 aliphatic rings. The first-order chi connectivity index (χ1) is 17.1. The summed E-state index contributed by atoms with van der Waals surface area (Å²) in [5, 5.41) is 11.8. The molecule has 0 aromatic carbocycles. The van der Waals surface area contributed by atoms with Crippen LogP contribution in [0.15, 0.2) is 11.6 Å². The van der Waals surface area contributed by atoms with Crippen LogP contribution in [0.4, 0.5) is 0 Å². The molecule has 6 heteroatoms. The molecule has 3 rings (SSSR count). The third-order valence-electron chi connectivity index (χ3n) is 10.1. The van der Waals surface area contributed by atoms with Crippen LogP contribution >= 0.6 is 0 Å². The molecule has 0 bridgehead atoms. The van der Waals surface area contributed by atoms with Gasteiger partial charge in [-0.2, -0.15) is 0 Å². The number of esters is 2. The molecular weight excluding hydrogens is 456 g/mol. The number of methoxy groups -OCH3 is 2. The summed E-state index contributed by atoms with van der Waals surface area (Å²) in [6.07, 6.45) is 10.7. The van der Waals surface area contributed by atoms with Crippen LogP contribution in [0.1, 0.15) is 91.9 Å². The lowest BCUT2D eigenvalue weighted by Gasteiger charge is -2.56. The average molecular weight is 505 g/mol. The summed E-state index contributed by atoms with van der Waals surface area (Å²) in [6.45, 7) is 8.84. The van der Waals surface area contributed by atoms with E-state index in [9.17, 15) is 19.5 Å². The molecule has 2 saturated carbocycles. The summed E-state index contributed by atoms with van der Waals surface area (Å²) in [5.74, 6) is -0.139. The number of ketones is 1. The van der Waals surface area contributed by atoms with Crippen LogP contribution in [0.2, 0.25) is 0 Å². The molecule has 0 heterocycles. The maximum Gasteiger partial charge on any atom is 0.320 e. The van der Waals surface area contributed by atoms with E-state index in [4.69, 9.17) is 9.47 Å². The minimum absolute atomic E-state index is 0.0295. The lowest BCUT2D eigenvalue weighted by molar-refractivity contribution is -0.159. The first kappa shape index (κ1) is 28.9. The molecule has 6 nitrogen and oxygen atoms in total. The summed E-state index contributed by atoms with van der Waals surface area (Å²) in [7, 11) is 2.61. The quantitative estimate of drug-likeness (QED) is 0.312. The fourth-order valence-corrected chi connectivity index (χ4v) is 8.04. The number of allylic oxidation sites excluding steroid dienone is 1. The molecule has 204 valence electrons. The van der Waals surface area contributed by atoms with Crippen molar-refractivity contribution < 1.29 is 29.0 Å². The zero-order valence-corrected chi connectivity index (χ0v) is 23.3. The second kappa shape index (κ2) is 12.2. The standard InChI is InChI=1S/C30H48O6/c1-7-9-10-24-26(27(32)22(8-2)25-17-21(31)13-14-30(24,25)4)20-12-11-19(16-20)18(3)15-23(28(33)35-5)29(34)36-6/h17-20,22-24,26-27,32H,7-16H2,1-6H3/t18-,19?,20?,22-,24?,26?,27?,30-/m1/s1. The lowest BCUT2D eigenvalue weighted by Crippen LogP contribution is -2.54. The molecule has 0 radical (unpaired) electrons. The second-order valence-corrected chi connectivity index (χ2v) is 12.0. The van der Waals surface area contributed by atoms with E-state index in [2.05, 4.69) is 27.7 Å². The second-order valence-electron chi connectivity index (χ2n) is 12.0. The van der Waals surface area contributed by atoms with E-state index in [1.807, 2.05) is 6.08 Å². The molecule has 0 amide bonds. The average Bonchev–Trinajstić information content (AvgIpc) is 3.35. The van der Waals surface area contributed by atoms with Gasteiger partial charge in [-0.15, -0.1) is 0 Å². The van der Waals surface area contributed by atoms with E-state index in [-0.39, 0.29) is 29.0 Å². The minimum Gasteiger partial charge on any atom is -0.468 e. The zero-order valence-electron chi connectivity index (χ0n) is 23.3. The Kier molecular flexibility index (Phi) is 9.81. The van der Waals surface area contributed by atoms with Crippen LogP contribution < -0.4 is 0 Å². The van der Waals surface area contributed by atoms with E-state index in [1.165, 1.54) is 19.8 Å². The van der Waals surface area contributed by atoms with Gasteiger partial charge in [0.05, 0.1) is 20.3 Å². The molecule has 0 aliphatic heterocycles. The molecule has 3 aliphatic carbocycles. The van der Waals surface area contributed by atoms with Gasteiger partial charge in [-0.1, -0.05) is 46.1 Å². The van der Waals surface area contributed by atoms with Crippen molar-refractivity contribution in [3.8, 4) is 0 Å². The molecule has 2 fully saturated rings. The molecule has 1 N–H and O–H groups in total. The zero-order chi connectivity index (χ0) is 26.6. The van der Waals surface area contributed by atoms with Crippen molar-refractivity contribution in [2.24, 2.45) is 46.8 Å². The summed E-state index contributed by atoms with van der Waals surface area (Å²) in [6, 6.07) is 0. The Bertz CT molecular complexity index is 817. The minimum atomic E-state index is -0.887. The van der Waals surface area contributed by atoms with Crippen LogP contribution in [0.3, 0.4) is 0 Å². The van der Waals surface area contributed by atoms with Gasteiger partial charge < -0.3 is 14.6 Å². The van der Waals surface area contributed by atoms with Crippen molar-refractivity contribution in [1.82, 2.24) is 0 Å². The fourth-order valence-electron chi connectivity index (χ4n) is 8.04. The van der Waals surface area contributed by atoms with Gasteiger partial charge in [-0.25, -0.2) is 0 Å². The third kappa shape index (κ3) is 5.58. The molecule has 5 unspecified atom stereocenters. The number of rotatable bonds is 10. The van der Waals surface area contributed by atoms with E-state index in [0.29, 0.717) is 30.6 Å². The lowest BCUT2D eigenvalue weighted by atomic mass is 9.49. The number of hydrogen-bond acceptors (Lipinski definition) is 6. The summed E-state index contributed by atoms with van der Waals surface area (Å²) < 4.78 is 9.74. The molecule has 0 aromatic rings. The van der Waals surface area contributed by atoms with Crippen molar-refractivity contribution in [2.45, 2.75) is 98.0 Å². The summed E-state index contributed by atoms with van der Waals surface area (Å²) in [4.78, 5) is 36.9. The molecule has 0 saturated heterocycles. The summed E-state index contributed by atoms with van der Waals surface area (Å²) in [5.41, 5.74) is 1.17. The molecule has 36 heavy (non-hydrogen) atoms. The normalized spacial score (nSPS) is 35.2. The van der Waals surface area contributed by atoms with Gasteiger partial charge in [0, 0.05) is 12.3 Å². The van der Waals surface area contributed by atoms with Crippen LogP contribution in [-0.4, -0.2) is 43.2 Å². The maximum absolute atomic E-state index is 12.4. The largest absolute Gasteiger partial charge is 0.468 e. The molecule has 0 aromatic heterocycles. The molecule has 0 spiro atoms. The SMILES string of the molecule is CCCCC1C(C2CCC([C@H](C)CC(C(=O)OC)C(=O)OC)C2)C(O)[C@H](CC)C2=CC(=O)CC[C@@]21C. The highest BCUT2D eigenvalue weighted by Gasteiger charge is 2.56. The Morgan fingerprint density at radius 3 is 2.42 bits per heavy atom. The predicted molar refractivity (Wildman–Crippen MR) is 139 cm³/mol. The molecular formula is C30H48O6. The predicted octanol–water partition coefficient (Wildman–Crippen LogP) is 5.51. The van der Waals surface area contributed by atoms with Crippen LogP contribution in [-0.2, 0) is 23.9 Å². The Morgan fingerprint density at radius 2 is 1.83 bits per heavy atom. The molecule has 8 atom stereocenters. The van der Waals surface area contributed by atoms with Crippen molar-refractivity contribution in [1.29, 1.82) is 0 Å². The van der Waals surface area contributed by atoms with Gasteiger partial charge in [0.25, 0.3) is 0 Å². The maximum atomic E-state index is 12.4. The number of ether oxygens (including phenoxy) is 2. The van der Waals surface area contributed by atoms with Gasteiger partial charge in [0.15, 0.2) is 11.7 Å². The highest BCUT2D eigenvalue weighted by molar-refractivity contribution is 5.94. The van der Waals surface area contributed by atoms with E-state index >= 15 is 0 Å². The Morgan fingerprint density at radius 1 is 1.17 bits per heavy atom. The Labute approximate surface area is 217 Å². The number of fused-ring (bicyclic) bond motifs is 1. The van der Waals surface area contributed by atoms with Gasteiger partial charge in [-0.05, 0) is 86.0 Å². The number of aliphatic hydroxyl groups excluding tert-OH is 1. The smallest absolute Gasteiger partial charge is 0.320 e. The van der Waals surface area contributed by atoms with Crippen molar-refractivity contribution in [3.05, 3.63) is 11.6 Å². The Balaban J connectivity index is 1.83. The van der Waals surface area contributed by atoms with E-state index in [0.717, 1.165) is 51.4 Å². The number of unbranched alkanes of at least 4 members (excludes halogenated alkanes) is 1. The highest BCUT2D eigenvalue weighted by atomic mass is 16.5. The van der Waals surface area contributed by atoms with Crippen molar-refractivity contribution in [2.75, 3.05) is 14.2 Å². The number of hydrogen-bond donors (Lipinski definition) is 1. The first-order valence-corrected chi connectivity index (χ1v) is 14.2. The Hall–Kier alpha value is -1.69. The number of carbonyl (C=O) groups excluding carboxylic acids is 3. The number of aliphatic hydroxyl groups is 1. The first-order valence-electron chi connectivity index (χ1n) is 14.2. The van der Waals surface area contributed by atoms with Gasteiger partial charge in [-0.3, -0.25) is 14.4 Å². The van der Waals surface area contributed by atoms with Crippen molar-refractivity contribution in [3.63, 3.8) is 0 Å².